The largest absolute Gasteiger partial charge is 0.337 e. The Labute approximate surface area is 150 Å². The van der Waals surface area contributed by atoms with Crippen LogP contribution in [0.1, 0.15) is 44.0 Å². The minimum absolute atomic E-state index is 0.0294. The average molecular weight is 341 g/mol. The maximum Gasteiger partial charge on any atom is 0.235 e. The molecule has 5 heteroatoms. The zero-order valence-electron chi connectivity index (χ0n) is 15.3. The highest BCUT2D eigenvalue weighted by Gasteiger charge is 2.31. The molecule has 1 heterocycles. The first-order valence-corrected chi connectivity index (χ1v) is 8.89. The molecule has 1 aromatic rings. The van der Waals surface area contributed by atoms with Crippen molar-refractivity contribution in [1.82, 2.24) is 10.2 Å². The summed E-state index contributed by atoms with van der Waals surface area (Å²) in [5.41, 5.74) is -0.0843. The standard InChI is InChI=1S/C20H27N3O2/c1-15(2)20(3,14-21)22-18(24)13-23-11-9-17(10-12-23)19(25)16-7-5-4-6-8-16/h4-8,15,17H,9-13H2,1-3H3,(H,22,24). The van der Waals surface area contributed by atoms with Gasteiger partial charge in [-0.25, -0.2) is 0 Å². The number of likely N-dealkylation sites (tertiary alicyclic amines) is 1. The number of rotatable bonds is 6. The number of nitriles is 1. The predicted octanol–water partition coefficient (Wildman–Crippen LogP) is 2.64. The topological polar surface area (TPSA) is 73.2 Å². The minimum Gasteiger partial charge on any atom is -0.337 e. The number of ketones is 1. The first-order valence-electron chi connectivity index (χ1n) is 8.89. The highest BCUT2D eigenvalue weighted by Crippen LogP contribution is 2.22. The number of nitrogens with zero attached hydrogens (tertiary/aromatic N) is 2. The molecule has 134 valence electrons. The van der Waals surface area contributed by atoms with Gasteiger partial charge in [-0.1, -0.05) is 44.2 Å². The van der Waals surface area contributed by atoms with Crippen LogP contribution in [0.15, 0.2) is 30.3 Å². The highest BCUT2D eigenvalue weighted by atomic mass is 16.2. The van der Waals surface area contributed by atoms with E-state index in [2.05, 4.69) is 16.3 Å². The van der Waals surface area contributed by atoms with Crippen molar-refractivity contribution in [2.45, 2.75) is 39.2 Å². The average Bonchev–Trinajstić information content (AvgIpc) is 2.62. The van der Waals surface area contributed by atoms with Gasteiger partial charge in [-0.2, -0.15) is 5.26 Å². The third-order valence-corrected chi connectivity index (χ3v) is 5.17. The van der Waals surface area contributed by atoms with Crippen molar-refractivity contribution in [3.63, 3.8) is 0 Å². The fraction of sp³-hybridized carbons (Fsp3) is 0.550. The van der Waals surface area contributed by atoms with Crippen LogP contribution in [-0.4, -0.2) is 41.8 Å². The van der Waals surface area contributed by atoms with Gasteiger partial charge in [-0.05, 0) is 38.8 Å². The number of carbonyl (C=O) groups excluding carboxylic acids is 2. The molecule has 0 spiro atoms. The molecule has 0 aliphatic carbocycles. The lowest BCUT2D eigenvalue weighted by Crippen LogP contribution is -2.52. The molecule has 1 aliphatic rings. The first-order chi connectivity index (χ1) is 11.9. The van der Waals surface area contributed by atoms with Gasteiger partial charge in [0.15, 0.2) is 5.78 Å². The molecule has 1 fully saturated rings. The third-order valence-electron chi connectivity index (χ3n) is 5.17. The quantitative estimate of drug-likeness (QED) is 0.807. The molecule has 0 saturated carbocycles. The summed E-state index contributed by atoms with van der Waals surface area (Å²) in [5.74, 6) is 0.129. The lowest BCUT2D eigenvalue weighted by Gasteiger charge is -2.32. The Morgan fingerprint density at radius 2 is 1.88 bits per heavy atom. The number of piperidine rings is 1. The summed E-state index contributed by atoms with van der Waals surface area (Å²) < 4.78 is 0. The summed E-state index contributed by atoms with van der Waals surface area (Å²) in [5, 5.41) is 12.1. The van der Waals surface area contributed by atoms with Crippen LogP contribution in [0.4, 0.5) is 0 Å². The molecule has 25 heavy (non-hydrogen) atoms. The zero-order chi connectivity index (χ0) is 18.4. The second kappa shape index (κ2) is 8.26. The van der Waals surface area contributed by atoms with E-state index in [-0.39, 0.29) is 30.1 Å². The molecule has 0 radical (unpaired) electrons. The smallest absolute Gasteiger partial charge is 0.235 e. The molecule has 0 bridgehead atoms. The Morgan fingerprint density at radius 3 is 2.40 bits per heavy atom. The summed E-state index contributed by atoms with van der Waals surface area (Å²) in [6, 6.07) is 11.6. The van der Waals surface area contributed by atoms with Crippen LogP contribution >= 0.6 is 0 Å². The maximum absolute atomic E-state index is 12.5. The van der Waals surface area contributed by atoms with Gasteiger partial charge in [0.1, 0.15) is 5.54 Å². The van der Waals surface area contributed by atoms with Gasteiger partial charge >= 0.3 is 0 Å². The van der Waals surface area contributed by atoms with Crippen LogP contribution in [-0.2, 0) is 4.79 Å². The van der Waals surface area contributed by atoms with Gasteiger partial charge < -0.3 is 5.32 Å². The molecule has 2 rings (SSSR count). The van der Waals surface area contributed by atoms with Crippen molar-refractivity contribution < 1.29 is 9.59 Å². The Balaban J connectivity index is 1.83. The molecule has 1 saturated heterocycles. The van der Waals surface area contributed by atoms with Crippen LogP contribution < -0.4 is 5.32 Å². The maximum atomic E-state index is 12.5. The van der Waals surface area contributed by atoms with Crippen molar-refractivity contribution in [1.29, 1.82) is 5.26 Å². The van der Waals surface area contributed by atoms with Crippen LogP contribution in [0.5, 0.6) is 0 Å². The number of carbonyl (C=O) groups is 2. The highest BCUT2D eigenvalue weighted by molar-refractivity contribution is 5.97. The Morgan fingerprint density at radius 1 is 1.28 bits per heavy atom. The fourth-order valence-electron chi connectivity index (χ4n) is 3.03. The number of hydrogen-bond donors (Lipinski definition) is 1. The summed E-state index contributed by atoms with van der Waals surface area (Å²) in [4.78, 5) is 26.8. The number of nitrogens with one attached hydrogen (secondary N) is 1. The lowest BCUT2D eigenvalue weighted by atomic mass is 9.88. The van der Waals surface area contributed by atoms with Crippen LogP contribution in [0.2, 0.25) is 0 Å². The van der Waals surface area contributed by atoms with Crippen molar-refractivity contribution in [2.75, 3.05) is 19.6 Å². The van der Waals surface area contributed by atoms with E-state index in [1.807, 2.05) is 44.2 Å². The molecule has 1 amide bonds. The first kappa shape index (κ1) is 19.1. The number of amides is 1. The molecule has 1 aliphatic heterocycles. The normalized spacial score (nSPS) is 18.4. The summed E-state index contributed by atoms with van der Waals surface area (Å²) in [6.45, 7) is 7.31. The van der Waals surface area contributed by atoms with Gasteiger partial charge in [0.05, 0.1) is 12.6 Å². The van der Waals surface area contributed by atoms with E-state index in [4.69, 9.17) is 0 Å². The van der Waals surface area contributed by atoms with E-state index in [0.29, 0.717) is 0 Å². The van der Waals surface area contributed by atoms with Crippen molar-refractivity contribution in [2.24, 2.45) is 11.8 Å². The Hall–Kier alpha value is -2.19. The van der Waals surface area contributed by atoms with Crippen molar-refractivity contribution in [3.05, 3.63) is 35.9 Å². The second-order valence-corrected chi connectivity index (χ2v) is 7.30. The molecular weight excluding hydrogens is 314 g/mol. The summed E-state index contributed by atoms with van der Waals surface area (Å²) in [7, 11) is 0. The predicted molar refractivity (Wildman–Crippen MR) is 96.9 cm³/mol. The zero-order valence-corrected chi connectivity index (χ0v) is 15.3. The summed E-state index contributed by atoms with van der Waals surface area (Å²) in [6.07, 6.45) is 1.53. The van der Waals surface area contributed by atoms with Gasteiger partial charge in [0, 0.05) is 11.5 Å². The number of hydrogen-bond acceptors (Lipinski definition) is 4. The third kappa shape index (κ3) is 4.90. The van der Waals surface area contributed by atoms with Gasteiger partial charge in [0.2, 0.25) is 5.91 Å². The summed E-state index contributed by atoms with van der Waals surface area (Å²) >= 11 is 0. The minimum atomic E-state index is -0.849. The van der Waals surface area contributed by atoms with E-state index in [1.165, 1.54) is 0 Å². The van der Waals surface area contributed by atoms with Crippen molar-refractivity contribution in [3.8, 4) is 6.07 Å². The molecule has 1 atom stereocenters. The Kier molecular flexibility index (Phi) is 6.33. The van der Waals surface area contributed by atoms with E-state index in [1.54, 1.807) is 6.92 Å². The molecule has 5 nitrogen and oxygen atoms in total. The van der Waals surface area contributed by atoms with Gasteiger partial charge in [-0.15, -0.1) is 0 Å². The molecular formula is C20H27N3O2. The molecule has 1 unspecified atom stereocenters. The van der Waals surface area contributed by atoms with E-state index < -0.39 is 5.54 Å². The van der Waals surface area contributed by atoms with E-state index in [0.717, 1.165) is 31.5 Å². The monoisotopic (exact) mass is 341 g/mol. The SMILES string of the molecule is CC(C)C(C)(C#N)NC(=O)CN1CCC(C(=O)c2ccccc2)CC1. The second-order valence-electron chi connectivity index (χ2n) is 7.30. The number of benzene rings is 1. The van der Waals surface area contributed by atoms with E-state index >= 15 is 0 Å². The van der Waals surface area contributed by atoms with Crippen LogP contribution in [0, 0.1) is 23.2 Å². The molecule has 0 aromatic heterocycles. The van der Waals surface area contributed by atoms with Crippen LogP contribution in [0.3, 0.4) is 0 Å². The Bertz CT molecular complexity index is 643. The molecule has 1 N–H and O–H groups in total. The van der Waals surface area contributed by atoms with Gasteiger partial charge in [0.25, 0.3) is 0 Å². The van der Waals surface area contributed by atoms with E-state index in [9.17, 15) is 14.9 Å². The molecule has 1 aromatic carbocycles. The van der Waals surface area contributed by atoms with Crippen LogP contribution in [0.25, 0.3) is 0 Å². The van der Waals surface area contributed by atoms with Crippen molar-refractivity contribution >= 4 is 11.7 Å². The lowest BCUT2D eigenvalue weighted by molar-refractivity contribution is -0.124. The van der Waals surface area contributed by atoms with Gasteiger partial charge in [-0.3, -0.25) is 14.5 Å². The number of Topliss-reactive ketones (excluding diaryl/α,β-unsaturated/α-hetero) is 1. The fourth-order valence-corrected chi connectivity index (χ4v) is 3.03.